The number of hydrogen-bond acceptors (Lipinski definition) is 4. The Kier molecular flexibility index (Phi) is 3.30. The number of hydrogen-bond donors (Lipinski definition) is 1. The highest BCUT2D eigenvalue weighted by Crippen LogP contribution is 2.52. The van der Waals surface area contributed by atoms with Crippen molar-refractivity contribution < 1.29 is 19.4 Å². The molecule has 108 valence electrons. The summed E-state index contributed by atoms with van der Waals surface area (Å²) in [6.07, 6.45) is 1.37. The zero-order valence-corrected chi connectivity index (χ0v) is 11.6. The van der Waals surface area contributed by atoms with Gasteiger partial charge in [-0.25, -0.2) is 0 Å². The largest absolute Gasteiger partial charge is 0.496 e. The van der Waals surface area contributed by atoms with Crippen LogP contribution in [0.15, 0.2) is 18.2 Å². The molecule has 5 heteroatoms. The van der Waals surface area contributed by atoms with E-state index in [0.29, 0.717) is 31.8 Å². The van der Waals surface area contributed by atoms with E-state index in [1.165, 1.54) is 0 Å². The lowest BCUT2D eigenvalue weighted by Gasteiger charge is -2.30. The predicted molar refractivity (Wildman–Crippen MR) is 74.6 cm³/mol. The van der Waals surface area contributed by atoms with E-state index in [1.54, 1.807) is 7.11 Å². The quantitative estimate of drug-likeness (QED) is 0.906. The average molecular weight is 277 g/mol. The minimum atomic E-state index is -0.755. The molecule has 2 aliphatic rings. The van der Waals surface area contributed by atoms with Gasteiger partial charge in [0.05, 0.1) is 25.7 Å². The van der Waals surface area contributed by atoms with E-state index in [0.717, 1.165) is 24.3 Å². The van der Waals surface area contributed by atoms with E-state index in [1.807, 2.05) is 18.2 Å². The Balaban J connectivity index is 1.97. The number of nitrogens with zero attached hydrogens (tertiary/aromatic N) is 1. The van der Waals surface area contributed by atoms with Crippen molar-refractivity contribution in [1.29, 1.82) is 0 Å². The Labute approximate surface area is 118 Å². The summed E-state index contributed by atoms with van der Waals surface area (Å²) in [5.41, 5.74) is 1.11. The first-order valence-corrected chi connectivity index (χ1v) is 6.92. The van der Waals surface area contributed by atoms with Crippen molar-refractivity contribution in [1.82, 2.24) is 0 Å². The van der Waals surface area contributed by atoms with E-state index in [2.05, 4.69) is 4.90 Å². The number of aliphatic carboxylic acids is 1. The molecule has 0 bridgehead atoms. The van der Waals surface area contributed by atoms with Crippen LogP contribution in [0, 0.1) is 0 Å². The van der Waals surface area contributed by atoms with Crippen molar-refractivity contribution in [3.8, 4) is 5.75 Å². The molecule has 1 saturated carbocycles. The first-order chi connectivity index (χ1) is 9.67. The molecule has 0 radical (unpaired) electrons. The Morgan fingerprint density at radius 1 is 1.35 bits per heavy atom. The normalized spacial score (nSPS) is 20.6. The van der Waals surface area contributed by atoms with Crippen LogP contribution in [0.25, 0.3) is 0 Å². The van der Waals surface area contributed by atoms with Crippen molar-refractivity contribution in [3.63, 3.8) is 0 Å². The number of carboxylic acid groups (broad SMARTS) is 1. The van der Waals surface area contributed by atoms with Gasteiger partial charge in [0.2, 0.25) is 0 Å². The van der Waals surface area contributed by atoms with Gasteiger partial charge in [0, 0.05) is 24.3 Å². The number of ether oxygens (including phenoxy) is 2. The van der Waals surface area contributed by atoms with Crippen molar-refractivity contribution >= 4 is 11.7 Å². The molecule has 1 saturated heterocycles. The summed E-state index contributed by atoms with van der Waals surface area (Å²) in [6.45, 7) is 3.11. The van der Waals surface area contributed by atoms with Gasteiger partial charge in [-0.05, 0) is 31.0 Å². The van der Waals surface area contributed by atoms with Gasteiger partial charge in [-0.3, -0.25) is 4.79 Å². The number of anilines is 1. The van der Waals surface area contributed by atoms with Crippen molar-refractivity contribution in [2.45, 2.75) is 18.3 Å². The van der Waals surface area contributed by atoms with E-state index in [-0.39, 0.29) is 0 Å². The summed E-state index contributed by atoms with van der Waals surface area (Å²) in [5.74, 6) is -0.0863. The van der Waals surface area contributed by atoms with Gasteiger partial charge < -0.3 is 19.5 Å². The lowest BCUT2D eigenvalue weighted by Crippen LogP contribution is -2.36. The van der Waals surface area contributed by atoms with Gasteiger partial charge >= 0.3 is 5.97 Å². The fraction of sp³-hybridized carbons (Fsp3) is 0.533. The predicted octanol–water partition coefficient (Wildman–Crippen LogP) is 1.65. The number of methoxy groups -OCH3 is 1. The molecule has 0 spiro atoms. The number of morpholine rings is 1. The maximum absolute atomic E-state index is 11.6. The van der Waals surface area contributed by atoms with E-state index >= 15 is 0 Å². The molecule has 1 aromatic rings. The first kappa shape index (κ1) is 13.2. The van der Waals surface area contributed by atoms with Gasteiger partial charge in [-0.2, -0.15) is 0 Å². The monoisotopic (exact) mass is 277 g/mol. The fourth-order valence-electron chi connectivity index (χ4n) is 2.81. The highest BCUT2D eigenvalue weighted by atomic mass is 16.5. The molecule has 1 aliphatic heterocycles. The van der Waals surface area contributed by atoms with Crippen LogP contribution in [-0.4, -0.2) is 44.5 Å². The van der Waals surface area contributed by atoms with E-state index in [4.69, 9.17) is 9.47 Å². The number of rotatable bonds is 4. The fourth-order valence-corrected chi connectivity index (χ4v) is 2.81. The van der Waals surface area contributed by atoms with Gasteiger partial charge in [-0.15, -0.1) is 0 Å². The average Bonchev–Trinajstić information content (AvgIpc) is 3.29. The lowest BCUT2D eigenvalue weighted by molar-refractivity contribution is -0.140. The second kappa shape index (κ2) is 4.98. The standard InChI is InChI=1S/C15H19NO4/c1-19-13-3-2-11(16-6-8-20-9-7-16)10-12(13)15(4-5-15)14(17)18/h2-3,10H,4-9H2,1H3,(H,17,18). The number of benzene rings is 1. The third-order valence-electron chi connectivity index (χ3n) is 4.23. The SMILES string of the molecule is COc1ccc(N2CCOCC2)cc1C1(C(=O)O)CC1. The van der Waals surface area contributed by atoms with Crippen molar-refractivity contribution in [3.05, 3.63) is 23.8 Å². The summed E-state index contributed by atoms with van der Waals surface area (Å²) < 4.78 is 10.7. The molecule has 1 aliphatic carbocycles. The van der Waals surface area contributed by atoms with Crippen LogP contribution in [0.2, 0.25) is 0 Å². The summed E-state index contributed by atoms with van der Waals surface area (Å²) >= 11 is 0. The van der Waals surface area contributed by atoms with Crippen LogP contribution in [0.5, 0.6) is 5.75 Å². The third-order valence-corrected chi connectivity index (χ3v) is 4.23. The molecule has 1 heterocycles. The number of carbonyl (C=O) groups is 1. The van der Waals surface area contributed by atoms with Crippen LogP contribution < -0.4 is 9.64 Å². The molecule has 2 fully saturated rings. The second-order valence-electron chi connectivity index (χ2n) is 5.37. The van der Waals surface area contributed by atoms with Gasteiger partial charge in [0.25, 0.3) is 0 Å². The zero-order valence-electron chi connectivity index (χ0n) is 11.6. The van der Waals surface area contributed by atoms with Gasteiger partial charge in [0.1, 0.15) is 5.75 Å². The Hall–Kier alpha value is -1.75. The molecular formula is C15H19NO4. The Bertz CT molecular complexity index is 519. The smallest absolute Gasteiger partial charge is 0.314 e. The van der Waals surface area contributed by atoms with Crippen molar-refractivity contribution in [2.24, 2.45) is 0 Å². The molecule has 0 aromatic heterocycles. The topological polar surface area (TPSA) is 59.0 Å². The zero-order chi connectivity index (χ0) is 14.2. The van der Waals surface area contributed by atoms with Crippen LogP contribution in [0.1, 0.15) is 18.4 Å². The second-order valence-corrected chi connectivity index (χ2v) is 5.37. The van der Waals surface area contributed by atoms with E-state index in [9.17, 15) is 9.90 Å². The van der Waals surface area contributed by atoms with Crippen LogP contribution in [0.4, 0.5) is 5.69 Å². The Morgan fingerprint density at radius 3 is 2.60 bits per heavy atom. The molecular weight excluding hydrogens is 258 g/mol. The summed E-state index contributed by atoms with van der Waals surface area (Å²) in [4.78, 5) is 13.8. The first-order valence-electron chi connectivity index (χ1n) is 6.92. The van der Waals surface area contributed by atoms with Crippen molar-refractivity contribution in [2.75, 3.05) is 38.3 Å². The maximum Gasteiger partial charge on any atom is 0.314 e. The van der Waals surface area contributed by atoms with Crippen LogP contribution in [0.3, 0.4) is 0 Å². The molecule has 0 unspecified atom stereocenters. The van der Waals surface area contributed by atoms with E-state index < -0.39 is 11.4 Å². The summed E-state index contributed by atoms with van der Waals surface area (Å²) in [6, 6.07) is 5.85. The molecule has 5 nitrogen and oxygen atoms in total. The molecule has 0 atom stereocenters. The molecule has 1 aromatic carbocycles. The van der Waals surface area contributed by atoms with Crippen LogP contribution >= 0.6 is 0 Å². The molecule has 0 amide bonds. The third kappa shape index (κ3) is 2.12. The lowest BCUT2D eigenvalue weighted by atomic mass is 9.94. The van der Waals surface area contributed by atoms with Gasteiger partial charge in [0.15, 0.2) is 0 Å². The van der Waals surface area contributed by atoms with Crippen LogP contribution in [-0.2, 0) is 14.9 Å². The highest BCUT2D eigenvalue weighted by molar-refractivity contribution is 5.86. The highest BCUT2D eigenvalue weighted by Gasteiger charge is 2.53. The summed E-state index contributed by atoms with van der Waals surface area (Å²) in [5, 5.41) is 9.49. The Morgan fingerprint density at radius 2 is 2.05 bits per heavy atom. The summed E-state index contributed by atoms with van der Waals surface area (Å²) in [7, 11) is 1.59. The minimum absolute atomic E-state index is 0.668. The molecule has 20 heavy (non-hydrogen) atoms. The maximum atomic E-state index is 11.6. The minimum Gasteiger partial charge on any atom is -0.496 e. The van der Waals surface area contributed by atoms with Gasteiger partial charge in [-0.1, -0.05) is 0 Å². The molecule has 3 rings (SSSR count). The molecule has 1 N–H and O–H groups in total. The number of carboxylic acids is 1.